The third kappa shape index (κ3) is 3.51. The first-order valence-corrected chi connectivity index (χ1v) is 17.2. The summed E-state index contributed by atoms with van der Waals surface area (Å²) in [5, 5.41) is 0. The fourth-order valence-corrected chi connectivity index (χ4v) is 13.8. The third-order valence-electron chi connectivity index (χ3n) is 15.1. The van der Waals surface area contributed by atoms with E-state index in [0.717, 1.165) is 44.9 Å². The summed E-state index contributed by atoms with van der Waals surface area (Å²) >= 11 is 0. The van der Waals surface area contributed by atoms with Gasteiger partial charge in [0.2, 0.25) is 5.79 Å². The minimum Gasteiger partial charge on any atom is -0.462 e. The van der Waals surface area contributed by atoms with Gasteiger partial charge in [0, 0.05) is 37.5 Å². The van der Waals surface area contributed by atoms with Gasteiger partial charge in [-0.3, -0.25) is 14.4 Å². The average molecular weight is 615 g/mol. The van der Waals surface area contributed by atoms with Gasteiger partial charge in [0.15, 0.2) is 6.10 Å². The summed E-state index contributed by atoms with van der Waals surface area (Å²) in [4.78, 5) is 37.2. The lowest BCUT2D eigenvalue weighted by molar-refractivity contribution is -0.287. The van der Waals surface area contributed by atoms with Crippen molar-refractivity contribution in [2.45, 2.75) is 156 Å². The van der Waals surface area contributed by atoms with Gasteiger partial charge in [0.25, 0.3) is 0 Å². The van der Waals surface area contributed by atoms with Gasteiger partial charge in [-0.1, -0.05) is 34.6 Å². The number of hydrogen-bond donors (Lipinski definition) is 0. The van der Waals surface area contributed by atoms with Crippen LogP contribution in [0.4, 0.5) is 0 Å². The summed E-state index contributed by atoms with van der Waals surface area (Å²) in [7, 11) is 0. The minimum atomic E-state index is -1.09. The Hall–Kier alpha value is -1.67. The molecule has 246 valence electrons. The minimum absolute atomic E-state index is 0.0413. The molecule has 7 fully saturated rings. The Balaban J connectivity index is 1.31. The number of fused-ring (bicyclic) bond motifs is 4. The van der Waals surface area contributed by atoms with Crippen LogP contribution < -0.4 is 0 Å². The van der Waals surface area contributed by atoms with Gasteiger partial charge in [-0.05, 0) is 99.2 Å². The number of carbonyl (C=O) groups is 3. The molecule has 5 saturated carbocycles. The summed E-state index contributed by atoms with van der Waals surface area (Å²) in [5.74, 6) is -0.752. The number of esters is 3. The molecule has 7 rings (SSSR count). The zero-order valence-electron chi connectivity index (χ0n) is 28.5. The molecule has 0 aromatic carbocycles. The normalized spacial score (nSPS) is 52.8. The SMILES string of the molecule is CC(=O)O[C@H]1CC[C@]23C[C@]24CC[C@]2(C)[C@H]5[C@H](C)C[C@H]6O[C@@]5(O[C@@H]6C(C)(C)OC(C)=O)[C@H](OC(C)=O)[C@@]2(C)[C@@H]4CC[C@H]3C1(C)C. The highest BCUT2D eigenvalue weighted by Crippen LogP contribution is 2.90. The van der Waals surface area contributed by atoms with E-state index in [0.29, 0.717) is 11.8 Å². The maximum absolute atomic E-state index is 13.0. The van der Waals surface area contributed by atoms with Gasteiger partial charge in [-0.15, -0.1) is 0 Å². The lowest BCUT2D eigenvalue weighted by Crippen LogP contribution is -2.61. The smallest absolute Gasteiger partial charge is 0.303 e. The van der Waals surface area contributed by atoms with Crippen molar-refractivity contribution in [2.24, 2.45) is 50.7 Å². The first-order chi connectivity index (χ1) is 20.3. The van der Waals surface area contributed by atoms with Crippen molar-refractivity contribution in [1.82, 2.24) is 0 Å². The second-order valence-corrected chi connectivity index (χ2v) is 17.6. The highest BCUT2D eigenvalue weighted by atomic mass is 16.8. The maximum atomic E-state index is 13.0. The number of rotatable bonds is 4. The van der Waals surface area contributed by atoms with Gasteiger partial charge in [0.05, 0.1) is 6.10 Å². The monoisotopic (exact) mass is 614 g/mol. The van der Waals surface area contributed by atoms with Crippen LogP contribution in [0.5, 0.6) is 0 Å². The Labute approximate surface area is 263 Å². The predicted octanol–water partition coefficient (Wildman–Crippen LogP) is 6.37. The van der Waals surface area contributed by atoms with Crippen molar-refractivity contribution in [3.63, 3.8) is 0 Å². The topological polar surface area (TPSA) is 97.4 Å². The first kappa shape index (κ1) is 31.0. The molecular formula is C36H54O8. The van der Waals surface area contributed by atoms with Crippen molar-refractivity contribution in [3.8, 4) is 0 Å². The highest BCUT2D eigenvalue weighted by molar-refractivity contribution is 5.67. The molecule has 44 heavy (non-hydrogen) atoms. The van der Waals surface area contributed by atoms with Crippen LogP contribution in [0.2, 0.25) is 0 Å². The van der Waals surface area contributed by atoms with Crippen LogP contribution in [0.15, 0.2) is 0 Å². The molecule has 0 radical (unpaired) electrons. The molecule has 0 aromatic heterocycles. The number of carbonyl (C=O) groups excluding carboxylic acids is 3. The van der Waals surface area contributed by atoms with Crippen molar-refractivity contribution in [1.29, 1.82) is 0 Å². The molecule has 2 aliphatic heterocycles. The van der Waals surface area contributed by atoms with E-state index in [2.05, 4.69) is 34.6 Å². The molecule has 5 aliphatic carbocycles. The fourth-order valence-electron chi connectivity index (χ4n) is 13.8. The van der Waals surface area contributed by atoms with E-state index in [1.807, 2.05) is 13.8 Å². The van der Waals surface area contributed by atoms with Crippen molar-refractivity contribution < 1.29 is 38.1 Å². The van der Waals surface area contributed by atoms with Crippen LogP contribution >= 0.6 is 0 Å². The zero-order valence-corrected chi connectivity index (χ0v) is 28.5. The van der Waals surface area contributed by atoms with Crippen LogP contribution in [-0.2, 0) is 38.1 Å². The Kier molecular flexibility index (Phi) is 6.35. The molecule has 0 amide bonds. The van der Waals surface area contributed by atoms with Gasteiger partial charge < -0.3 is 23.7 Å². The Bertz CT molecular complexity index is 1290. The van der Waals surface area contributed by atoms with Crippen molar-refractivity contribution in [2.75, 3.05) is 0 Å². The van der Waals surface area contributed by atoms with E-state index in [1.165, 1.54) is 27.2 Å². The molecule has 3 spiro atoms. The zero-order chi connectivity index (χ0) is 32.0. The summed E-state index contributed by atoms with van der Waals surface area (Å²) < 4.78 is 32.5. The van der Waals surface area contributed by atoms with Gasteiger partial charge in [0.1, 0.15) is 17.8 Å². The molecule has 8 nitrogen and oxygen atoms in total. The molecular weight excluding hydrogens is 560 g/mol. The summed E-state index contributed by atoms with van der Waals surface area (Å²) in [6, 6.07) is 0. The fraction of sp³-hybridized carbons (Fsp3) is 0.917. The molecule has 2 heterocycles. The molecule has 8 heteroatoms. The Morgan fingerprint density at radius 1 is 0.795 bits per heavy atom. The van der Waals surface area contributed by atoms with E-state index in [9.17, 15) is 14.4 Å². The highest BCUT2D eigenvalue weighted by Gasteiger charge is 2.89. The second-order valence-electron chi connectivity index (χ2n) is 17.6. The predicted molar refractivity (Wildman–Crippen MR) is 161 cm³/mol. The number of ether oxygens (including phenoxy) is 5. The van der Waals surface area contributed by atoms with E-state index >= 15 is 0 Å². The van der Waals surface area contributed by atoms with Crippen LogP contribution in [0.25, 0.3) is 0 Å². The largest absolute Gasteiger partial charge is 0.462 e. The summed E-state index contributed by atoms with van der Waals surface area (Å²) in [6.45, 7) is 20.1. The van der Waals surface area contributed by atoms with E-state index in [-0.39, 0.29) is 69.0 Å². The quantitative estimate of drug-likeness (QED) is 0.266. The maximum Gasteiger partial charge on any atom is 0.303 e. The molecule has 0 aromatic rings. The van der Waals surface area contributed by atoms with Crippen LogP contribution in [0.1, 0.15) is 121 Å². The van der Waals surface area contributed by atoms with E-state index in [4.69, 9.17) is 23.7 Å². The van der Waals surface area contributed by atoms with Crippen LogP contribution in [0, 0.1) is 50.7 Å². The molecule has 0 unspecified atom stereocenters. The van der Waals surface area contributed by atoms with E-state index < -0.39 is 23.6 Å². The Morgan fingerprint density at radius 2 is 1.43 bits per heavy atom. The lowest BCUT2D eigenvalue weighted by atomic mass is 9.41. The average Bonchev–Trinajstić information content (AvgIpc) is 3.40. The summed E-state index contributed by atoms with van der Waals surface area (Å²) in [6.07, 6.45) is 7.00. The van der Waals surface area contributed by atoms with E-state index in [1.54, 1.807) is 0 Å². The number of hydrogen-bond acceptors (Lipinski definition) is 8. The summed E-state index contributed by atoms with van der Waals surface area (Å²) in [5.41, 5.74) is -1.13. The lowest BCUT2D eigenvalue weighted by Gasteiger charge is -2.63. The molecule has 13 atom stereocenters. The molecule has 7 aliphatic rings. The van der Waals surface area contributed by atoms with Gasteiger partial charge >= 0.3 is 17.9 Å². The Morgan fingerprint density at radius 3 is 2.07 bits per heavy atom. The van der Waals surface area contributed by atoms with Gasteiger partial charge in [-0.2, -0.15) is 0 Å². The van der Waals surface area contributed by atoms with Crippen LogP contribution in [0.3, 0.4) is 0 Å². The van der Waals surface area contributed by atoms with Crippen molar-refractivity contribution in [3.05, 3.63) is 0 Å². The van der Waals surface area contributed by atoms with Crippen LogP contribution in [-0.4, -0.2) is 53.7 Å². The second kappa shape index (κ2) is 9.02. The van der Waals surface area contributed by atoms with Gasteiger partial charge in [-0.25, -0.2) is 0 Å². The standard InChI is InChI=1S/C36H54O8/c1-19-17-23-28(31(7,8)42-22(4)39)44-36(43-23)27(19)32(9)15-16-35-18-34(35)14-13-26(40-20(2)37)30(5,6)24(34)11-12-25(35)33(32,10)29(36)41-21(3)38/h19,23-29H,11-18H2,1-10H3/t19-,23-,24+,25+,26+,27-,28+,29-,32-,33-,34-,35+,36+/m1/s1. The molecule has 2 bridgehead atoms. The third-order valence-corrected chi connectivity index (χ3v) is 15.1. The first-order valence-electron chi connectivity index (χ1n) is 17.2. The van der Waals surface area contributed by atoms with Crippen molar-refractivity contribution >= 4 is 17.9 Å². The molecule has 0 N–H and O–H groups in total. The molecule has 2 saturated heterocycles.